The summed E-state index contributed by atoms with van der Waals surface area (Å²) in [6, 6.07) is 10.4. The van der Waals surface area contributed by atoms with Crippen molar-refractivity contribution in [1.82, 2.24) is 14.9 Å². The summed E-state index contributed by atoms with van der Waals surface area (Å²) in [6.45, 7) is 3.59. The molecule has 3 N–H and O–H groups in total. The Morgan fingerprint density at radius 1 is 0.931 bits per heavy atom. The predicted octanol–water partition coefficient (Wildman–Crippen LogP) is 0.851. The van der Waals surface area contributed by atoms with Gasteiger partial charge in [0.1, 0.15) is 0 Å². The van der Waals surface area contributed by atoms with E-state index in [-0.39, 0.29) is 28.4 Å². The third-order valence-electron chi connectivity index (χ3n) is 3.96. The van der Waals surface area contributed by atoms with Crippen LogP contribution in [0.4, 0.5) is 0 Å². The molecule has 0 aliphatic carbocycles. The second-order valence-electron chi connectivity index (χ2n) is 6.24. The van der Waals surface area contributed by atoms with E-state index in [1.54, 1.807) is 26.0 Å². The Bertz CT molecular complexity index is 1080. The van der Waals surface area contributed by atoms with Crippen molar-refractivity contribution in [2.45, 2.75) is 23.6 Å². The highest BCUT2D eigenvalue weighted by Gasteiger charge is 2.17. The largest absolute Gasteiger partial charge is 0.351 e. The van der Waals surface area contributed by atoms with Gasteiger partial charge in [0.05, 0.1) is 16.9 Å². The van der Waals surface area contributed by atoms with Gasteiger partial charge in [-0.3, -0.25) is 9.63 Å². The number of carbonyl (C=O) groups excluding carboxylic acids is 1. The van der Waals surface area contributed by atoms with Gasteiger partial charge < -0.3 is 5.32 Å². The number of hydrogen-bond acceptors (Lipinski definition) is 6. The Balaban J connectivity index is 1.92. The van der Waals surface area contributed by atoms with E-state index in [2.05, 4.69) is 14.9 Å². The first-order valence-electron chi connectivity index (χ1n) is 8.57. The number of hydrogen-bond donors (Lipinski definition) is 3. The van der Waals surface area contributed by atoms with Crippen LogP contribution in [0, 0.1) is 13.8 Å². The fourth-order valence-electron chi connectivity index (χ4n) is 2.48. The molecule has 0 spiro atoms. The van der Waals surface area contributed by atoms with Gasteiger partial charge in [-0.15, -0.1) is 0 Å². The van der Waals surface area contributed by atoms with Crippen molar-refractivity contribution in [1.29, 1.82) is 0 Å². The zero-order chi connectivity index (χ0) is 21.7. The minimum atomic E-state index is -3.80. The number of benzene rings is 2. The fourth-order valence-corrected chi connectivity index (χ4v) is 4.65. The number of sulfonamides is 2. The normalized spacial score (nSPS) is 12.0. The molecule has 0 heterocycles. The molecule has 9 nitrogen and oxygen atoms in total. The number of rotatable bonds is 9. The van der Waals surface area contributed by atoms with Crippen LogP contribution in [0.2, 0.25) is 0 Å². The molecule has 2 aromatic carbocycles. The molecule has 0 unspecified atom stereocenters. The van der Waals surface area contributed by atoms with Crippen molar-refractivity contribution in [3.8, 4) is 0 Å². The zero-order valence-corrected chi connectivity index (χ0v) is 17.9. The van der Waals surface area contributed by atoms with Crippen LogP contribution in [0.1, 0.15) is 21.5 Å². The fraction of sp³-hybridized carbons (Fsp3) is 0.278. The molecule has 2 rings (SSSR count). The Kier molecular flexibility index (Phi) is 7.49. The number of aryl methyl sites for hydroxylation is 2. The minimum Gasteiger partial charge on any atom is -0.351 e. The minimum absolute atomic E-state index is 0.00563. The summed E-state index contributed by atoms with van der Waals surface area (Å²) in [5, 5.41) is 2.58. The summed E-state index contributed by atoms with van der Waals surface area (Å²) < 4.78 is 50.8. The van der Waals surface area contributed by atoms with E-state index in [0.717, 1.165) is 5.56 Å². The molecule has 0 saturated heterocycles. The lowest BCUT2D eigenvalue weighted by Gasteiger charge is -2.11. The third-order valence-corrected chi connectivity index (χ3v) is 6.84. The van der Waals surface area contributed by atoms with E-state index in [4.69, 9.17) is 0 Å². The summed E-state index contributed by atoms with van der Waals surface area (Å²) in [7, 11) is -6.32. The Hall–Kier alpha value is -2.31. The second-order valence-corrected chi connectivity index (χ2v) is 9.62. The molecular weight excluding hydrogens is 418 g/mol. The van der Waals surface area contributed by atoms with Crippen LogP contribution in [0.25, 0.3) is 0 Å². The van der Waals surface area contributed by atoms with Crippen LogP contribution in [0.15, 0.2) is 52.3 Å². The Labute approximate surface area is 170 Å². The highest BCUT2D eigenvalue weighted by atomic mass is 32.2. The maximum absolute atomic E-state index is 12.4. The first-order chi connectivity index (χ1) is 13.6. The summed E-state index contributed by atoms with van der Waals surface area (Å²) in [4.78, 5) is 18.6. The van der Waals surface area contributed by atoms with Crippen molar-refractivity contribution in [3.05, 3.63) is 59.2 Å². The average molecular weight is 442 g/mol. The van der Waals surface area contributed by atoms with Gasteiger partial charge in [0.2, 0.25) is 10.0 Å². The van der Waals surface area contributed by atoms with Crippen molar-refractivity contribution < 1.29 is 26.5 Å². The standard InChI is InChI=1S/C18H23N3O6S2/c1-13-4-5-14(2)17(12-13)29(25,26)20-11-10-19-18(22)15-6-8-16(9-7-15)28(23,24)21-27-3/h4-9,12,20-21H,10-11H2,1-3H3,(H,19,22). The van der Waals surface area contributed by atoms with Gasteiger partial charge in [-0.2, -0.15) is 0 Å². The predicted molar refractivity (Wildman–Crippen MR) is 107 cm³/mol. The lowest BCUT2D eigenvalue weighted by Crippen LogP contribution is -2.35. The Morgan fingerprint density at radius 2 is 1.59 bits per heavy atom. The van der Waals surface area contributed by atoms with Gasteiger partial charge in [-0.05, 0) is 55.3 Å². The van der Waals surface area contributed by atoms with E-state index in [0.29, 0.717) is 5.56 Å². The SMILES string of the molecule is CONS(=O)(=O)c1ccc(C(=O)NCCNS(=O)(=O)c2cc(C)ccc2C)cc1. The quantitative estimate of drug-likeness (QED) is 0.391. The van der Waals surface area contributed by atoms with Gasteiger partial charge in [0.25, 0.3) is 15.9 Å². The van der Waals surface area contributed by atoms with Crippen LogP contribution >= 0.6 is 0 Å². The lowest BCUT2D eigenvalue weighted by molar-refractivity contribution is 0.0954. The van der Waals surface area contributed by atoms with E-state index in [9.17, 15) is 21.6 Å². The Morgan fingerprint density at radius 3 is 2.21 bits per heavy atom. The van der Waals surface area contributed by atoms with Gasteiger partial charge >= 0.3 is 0 Å². The summed E-state index contributed by atoms with van der Waals surface area (Å²) in [5.74, 6) is -0.459. The van der Waals surface area contributed by atoms with Crippen molar-refractivity contribution in [2.75, 3.05) is 20.2 Å². The van der Waals surface area contributed by atoms with E-state index in [1.165, 1.54) is 31.4 Å². The van der Waals surface area contributed by atoms with Gasteiger partial charge in [-0.25, -0.2) is 21.6 Å². The van der Waals surface area contributed by atoms with Gasteiger partial charge in [0.15, 0.2) is 0 Å². The molecule has 0 bridgehead atoms. The number of amides is 1. The van der Waals surface area contributed by atoms with E-state index in [1.807, 2.05) is 11.0 Å². The monoisotopic (exact) mass is 441 g/mol. The molecule has 0 atom stereocenters. The molecule has 0 aromatic heterocycles. The third kappa shape index (κ3) is 6.08. The molecular formula is C18H23N3O6S2. The second kappa shape index (κ2) is 9.46. The van der Waals surface area contributed by atoms with Crippen molar-refractivity contribution in [3.63, 3.8) is 0 Å². The smallest absolute Gasteiger partial charge is 0.262 e. The number of nitrogens with one attached hydrogen (secondary N) is 3. The van der Waals surface area contributed by atoms with Gasteiger partial charge in [0, 0.05) is 18.7 Å². The molecule has 0 radical (unpaired) electrons. The first-order valence-corrected chi connectivity index (χ1v) is 11.5. The molecule has 29 heavy (non-hydrogen) atoms. The van der Waals surface area contributed by atoms with Crippen molar-refractivity contribution in [2.24, 2.45) is 0 Å². The van der Waals surface area contributed by atoms with Crippen LogP contribution in [-0.4, -0.2) is 42.9 Å². The first kappa shape index (κ1) is 23.0. The average Bonchev–Trinajstić information content (AvgIpc) is 2.67. The van der Waals surface area contributed by atoms with Crippen molar-refractivity contribution >= 4 is 26.0 Å². The topological polar surface area (TPSA) is 131 Å². The lowest BCUT2D eigenvalue weighted by atomic mass is 10.2. The van der Waals surface area contributed by atoms with Crippen LogP contribution < -0.4 is 14.9 Å². The summed E-state index contributed by atoms with van der Waals surface area (Å²) in [5.41, 5.74) is 1.69. The van der Waals surface area contributed by atoms with E-state index >= 15 is 0 Å². The molecule has 0 saturated carbocycles. The van der Waals surface area contributed by atoms with Gasteiger partial charge in [-0.1, -0.05) is 17.0 Å². The molecule has 11 heteroatoms. The molecule has 0 aliphatic rings. The highest BCUT2D eigenvalue weighted by Crippen LogP contribution is 2.16. The molecule has 0 aliphatic heterocycles. The van der Waals surface area contributed by atoms with Crippen LogP contribution in [-0.2, 0) is 24.9 Å². The van der Waals surface area contributed by atoms with Crippen LogP contribution in [0.3, 0.4) is 0 Å². The number of carbonyl (C=O) groups is 1. The summed E-state index contributed by atoms with van der Waals surface area (Å²) >= 11 is 0. The molecule has 1 amide bonds. The molecule has 158 valence electrons. The molecule has 2 aromatic rings. The summed E-state index contributed by atoms with van der Waals surface area (Å²) in [6.07, 6.45) is 0. The maximum Gasteiger partial charge on any atom is 0.262 e. The maximum atomic E-state index is 12.4. The highest BCUT2D eigenvalue weighted by molar-refractivity contribution is 7.89. The van der Waals surface area contributed by atoms with E-state index < -0.39 is 26.0 Å². The van der Waals surface area contributed by atoms with Crippen LogP contribution in [0.5, 0.6) is 0 Å². The zero-order valence-electron chi connectivity index (χ0n) is 16.2. The molecule has 0 fully saturated rings.